The van der Waals surface area contributed by atoms with E-state index in [0.29, 0.717) is 10.6 Å². The summed E-state index contributed by atoms with van der Waals surface area (Å²) in [6, 6.07) is 8.03. The maximum absolute atomic E-state index is 13.0. The van der Waals surface area contributed by atoms with Crippen molar-refractivity contribution in [1.29, 1.82) is 0 Å². The van der Waals surface area contributed by atoms with Crippen LogP contribution < -0.4 is 16.0 Å². The van der Waals surface area contributed by atoms with E-state index in [1.165, 1.54) is 23.5 Å². The molecule has 0 saturated carbocycles. The second-order valence-corrected chi connectivity index (χ2v) is 6.73. The Morgan fingerprint density at radius 3 is 2.44 bits per heavy atom. The molecule has 0 unspecified atom stereocenters. The van der Waals surface area contributed by atoms with Crippen molar-refractivity contribution in [3.8, 4) is 0 Å². The predicted molar refractivity (Wildman–Crippen MR) is 96.5 cm³/mol. The fourth-order valence-corrected chi connectivity index (χ4v) is 3.59. The van der Waals surface area contributed by atoms with E-state index in [0.717, 1.165) is 31.9 Å². The van der Waals surface area contributed by atoms with E-state index in [4.69, 9.17) is 5.73 Å². The van der Waals surface area contributed by atoms with Crippen LogP contribution in [0, 0.1) is 5.82 Å². The van der Waals surface area contributed by atoms with Crippen LogP contribution in [0.5, 0.6) is 0 Å². The van der Waals surface area contributed by atoms with Gasteiger partial charge in [0.1, 0.15) is 10.8 Å². The lowest BCUT2D eigenvalue weighted by Crippen LogP contribution is -2.48. The predicted octanol–water partition coefficient (Wildman–Crippen LogP) is 1.75. The maximum Gasteiger partial charge on any atom is 0.251 e. The molecule has 3 N–H and O–H groups in total. The van der Waals surface area contributed by atoms with Crippen molar-refractivity contribution in [2.45, 2.75) is 0 Å². The molecule has 0 radical (unpaired) electrons. The van der Waals surface area contributed by atoms with Crippen molar-refractivity contribution in [3.05, 3.63) is 47.1 Å². The van der Waals surface area contributed by atoms with Crippen molar-refractivity contribution in [3.63, 3.8) is 0 Å². The number of benzene rings is 1. The van der Waals surface area contributed by atoms with E-state index in [1.54, 1.807) is 23.6 Å². The molecule has 1 fully saturated rings. The largest absolute Gasteiger partial charge is 0.369 e. The van der Waals surface area contributed by atoms with Crippen LogP contribution in [0.1, 0.15) is 10.4 Å². The highest BCUT2D eigenvalue weighted by Crippen LogP contribution is 2.22. The Morgan fingerprint density at radius 1 is 1.12 bits per heavy atom. The Balaban J connectivity index is 1.50. The number of hydrogen-bond donors (Lipinski definition) is 2. The van der Waals surface area contributed by atoms with E-state index in [9.17, 15) is 14.0 Å². The van der Waals surface area contributed by atoms with Gasteiger partial charge in [0.2, 0.25) is 5.91 Å². The van der Waals surface area contributed by atoms with Crippen LogP contribution >= 0.6 is 11.3 Å². The molecule has 0 spiro atoms. The first-order valence-electron chi connectivity index (χ1n) is 7.93. The third-order valence-corrected chi connectivity index (χ3v) is 4.94. The smallest absolute Gasteiger partial charge is 0.251 e. The third-order valence-electron chi connectivity index (χ3n) is 4.11. The number of rotatable bonds is 5. The Bertz CT molecular complexity index is 754. The minimum Gasteiger partial charge on any atom is -0.369 e. The number of primary amides is 1. The summed E-state index contributed by atoms with van der Waals surface area (Å²) in [6.45, 7) is 3.26. The first-order chi connectivity index (χ1) is 12.0. The summed E-state index contributed by atoms with van der Waals surface area (Å²) in [5.41, 5.74) is 6.59. The van der Waals surface area contributed by atoms with E-state index < -0.39 is 5.91 Å². The number of carbonyl (C=O) groups is 2. The van der Waals surface area contributed by atoms with E-state index in [1.807, 2.05) is 4.90 Å². The first kappa shape index (κ1) is 17.4. The molecule has 2 amide bonds. The molecule has 1 aromatic carbocycles. The molecule has 1 aliphatic heterocycles. The zero-order valence-electron chi connectivity index (χ0n) is 13.6. The van der Waals surface area contributed by atoms with E-state index >= 15 is 0 Å². The third kappa shape index (κ3) is 4.34. The molecular formula is C17H19FN4O2S. The lowest BCUT2D eigenvalue weighted by molar-refractivity contribution is -0.117. The SMILES string of the molecule is NC(=O)c1ccsc1NC(=O)CN1CCN(c2ccc(F)cc2)CC1. The van der Waals surface area contributed by atoms with Gasteiger partial charge in [-0.15, -0.1) is 11.3 Å². The molecule has 6 nitrogen and oxygen atoms in total. The Kier molecular flexibility index (Phi) is 5.30. The molecule has 25 heavy (non-hydrogen) atoms. The highest BCUT2D eigenvalue weighted by molar-refractivity contribution is 7.14. The minimum absolute atomic E-state index is 0.166. The average Bonchev–Trinajstić information content (AvgIpc) is 3.04. The number of thiophene rings is 1. The molecule has 0 aliphatic carbocycles. The van der Waals surface area contributed by atoms with Gasteiger partial charge in [0.05, 0.1) is 12.1 Å². The topological polar surface area (TPSA) is 78.7 Å². The summed E-state index contributed by atoms with van der Waals surface area (Å²) in [5, 5.41) is 4.96. The van der Waals surface area contributed by atoms with E-state index in [-0.39, 0.29) is 18.3 Å². The lowest BCUT2D eigenvalue weighted by Gasteiger charge is -2.35. The van der Waals surface area contributed by atoms with Gasteiger partial charge in [0.25, 0.3) is 5.91 Å². The number of anilines is 2. The normalized spacial score (nSPS) is 15.2. The van der Waals surface area contributed by atoms with Gasteiger partial charge in [-0.3, -0.25) is 14.5 Å². The summed E-state index contributed by atoms with van der Waals surface area (Å²) in [7, 11) is 0. The van der Waals surface area contributed by atoms with Gasteiger partial charge in [0, 0.05) is 31.9 Å². The molecule has 2 heterocycles. The molecule has 8 heteroatoms. The monoisotopic (exact) mass is 362 g/mol. The summed E-state index contributed by atoms with van der Waals surface area (Å²) < 4.78 is 13.0. The Hall–Kier alpha value is -2.45. The summed E-state index contributed by atoms with van der Waals surface area (Å²) >= 11 is 1.28. The molecule has 1 aromatic heterocycles. The molecule has 1 saturated heterocycles. The standard InChI is InChI=1S/C17H19FN4O2S/c18-12-1-3-13(4-2-12)22-8-6-21(7-9-22)11-15(23)20-17-14(16(19)24)5-10-25-17/h1-5,10H,6-9,11H2,(H2,19,24)(H,20,23). The Morgan fingerprint density at radius 2 is 1.80 bits per heavy atom. The number of nitrogens with one attached hydrogen (secondary N) is 1. The first-order valence-corrected chi connectivity index (χ1v) is 8.81. The van der Waals surface area contributed by atoms with Gasteiger partial charge in [-0.1, -0.05) is 0 Å². The van der Waals surface area contributed by atoms with E-state index in [2.05, 4.69) is 10.2 Å². The van der Waals surface area contributed by atoms with Gasteiger partial charge < -0.3 is 16.0 Å². The molecular weight excluding hydrogens is 343 g/mol. The second kappa shape index (κ2) is 7.62. The fourth-order valence-electron chi connectivity index (χ4n) is 2.79. The van der Waals surface area contributed by atoms with Crippen LogP contribution in [-0.2, 0) is 4.79 Å². The summed E-state index contributed by atoms with van der Waals surface area (Å²) in [5.74, 6) is -0.965. The van der Waals surface area contributed by atoms with Gasteiger partial charge in [0.15, 0.2) is 0 Å². The summed E-state index contributed by atoms with van der Waals surface area (Å²) in [6.07, 6.45) is 0. The van der Waals surface area contributed by atoms with Crippen LogP contribution in [0.4, 0.5) is 15.1 Å². The van der Waals surface area contributed by atoms with Gasteiger partial charge in [-0.2, -0.15) is 0 Å². The van der Waals surface area contributed by atoms with Crippen LogP contribution in [-0.4, -0.2) is 49.4 Å². The van der Waals surface area contributed by atoms with Crippen molar-refractivity contribution < 1.29 is 14.0 Å². The number of nitrogens with zero attached hydrogens (tertiary/aromatic N) is 2. The zero-order valence-corrected chi connectivity index (χ0v) is 14.4. The maximum atomic E-state index is 13.0. The van der Waals surface area contributed by atoms with Crippen LogP contribution in [0.25, 0.3) is 0 Å². The number of carbonyl (C=O) groups excluding carboxylic acids is 2. The van der Waals surface area contributed by atoms with Crippen LogP contribution in [0.3, 0.4) is 0 Å². The highest BCUT2D eigenvalue weighted by Gasteiger charge is 2.20. The molecule has 1 aliphatic rings. The number of piperazine rings is 1. The molecule has 2 aromatic rings. The van der Waals surface area contributed by atoms with Crippen molar-refractivity contribution in [1.82, 2.24) is 4.90 Å². The number of nitrogens with two attached hydrogens (primary N) is 1. The zero-order chi connectivity index (χ0) is 17.8. The number of hydrogen-bond acceptors (Lipinski definition) is 5. The molecule has 3 rings (SSSR count). The molecule has 0 bridgehead atoms. The number of halogens is 1. The lowest BCUT2D eigenvalue weighted by atomic mass is 10.2. The quantitative estimate of drug-likeness (QED) is 0.849. The summed E-state index contributed by atoms with van der Waals surface area (Å²) in [4.78, 5) is 27.7. The van der Waals surface area contributed by atoms with Gasteiger partial charge >= 0.3 is 0 Å². The fraction of sp³-hybridized carbons (Fsp3) is 0.294. The average molecular weight is 362 g/mol. The molecule has 0 atom stereocenters. The van der Waals surface area contributed by atoms with Crippen LogP contribution in [0.2, 0.25) is 0 Å². The van der Waals surface area contributed by atoms with Crippen molar-refractivity contribution in [2.75, 3.05) is 42.9 Å². The van der Waals surface area contributed by atoms with Gasteiger partial charge in [-0.25, -0.2) is 4.39 Å². The number of amides is 2. The molecule has 132 valence electrons. The van der Waals surface area contributed by atoms with Crippen molar-refractivity contribution >= 4 is 33.8 Å². The van der Waals surface area contributed by atoms with Gasteiger partial charge in [-0.05, 0) is 35.7 Å². The highest BCUT2D eigenvalue weighted by atomic mass is 32.1. The minimum atomic E-state index is -0.551. The van der Waals surface area contributed by atoms with Crippen LogP contribution in [0.15, 0.2) is 35.7 Å². The van der Waals surface area contributed by atoms with Crippen molar-refractivity contribution in [2.24, 2.45) is 5.73 Å². The second-order valence-electron chi connectivity index (χ2n) is 5.82. The Labute approximate surface area is 149 Å².